The number of alkyl halides is 2. The molecule has 0 radical (unpaired) electrons. The molecule has 1 amide bonds. The van der Waals surface area contributed by atoms with Crippen molar-refractivity contribution in [3.63, 3.8) is 0 Å². The largest absolute Gasteiger partial charge is 0.321 e. The van der Waals surface area contributed by atoms with Gasteiger partial charge in [-0.25, -0.2) is 18.3 Å². The lowest BCUT2D eigenvalue weighted by atomic mass is 10.1. The maximum absolute atomic E-state index is 13.7. The van der Waals surface area contributed by atoms with Gasteiger partial charge in [0.25, 0.3) is 23.7 Å². The highest BCUT2D eigenvalue weighted by atomic mass is 19.3. The van der Waals surface area contributed by atoms with Crippen molar-refractivity contribution >= 4 is 28.6 Å². The Morgan fingerprint density at radius 2 is 1.68 bits per heavy atom. The van der Waals surface area contributed by atoms with Crippen LogP contribution < -0.4 is 5.32 Å². The molecule has 0 aliphatic carbocycles. The Hall–Kier alpha value is -4.81. The van der Waals surface area contributed by atoms with E-state index in [4.69, 9.17) is 0 Å². The van der Waals surface area contributed by atoms with Crippen molar-refractivity contribution in [2.75, 3.05) is 5.32 Å². The van der Waals surface area contributed by atoms with E-state index in [-0.39, 0.29) is 28.2 Å². The fourth-order valence-corrected chi connectivity index (χ4v) is 3.39. The molecule has 34 heavy (non-hydrogen) atoms. The molecule has 0 saturated carbocycles. The van der Waals surface area contributed by atoms with Crippen molar-refractivity contribution in [3.8, 4) is 11.3 Å². The van der Waals surface area contributed by atoms with Crippen molar-refractivity contribution < 1.29 is 23.4 Å². The average molecular weight is 468 g/mol. The molecule has 13 heteroatoms. The van der Waals surface area contributed by atoms with E-state index in [0.29, 0.717) is 5.56 Å². The molecule has 0 aliphatic rings. The number of aromatic nitrogens is 3. The van der Waals surface area contributed by atoms with Gasteiger partial charge in [-0.2, -0.15) is 5.10 Å². The SMILES string of the molecule is Cc1c([N+](=O)[O-])cc(NC(=O)c2cnn3c(C(F)F)cc(-c4ccccc4)nc23)cc1[N+](=O)[O-]. The molecule has 2 heterocycles. The van der Waals surface area contributed by atoms with E-state index in [1.54, 1.807) is 30.3 Å². The maximum Gasteiger partial charge on any atom is 0.281 e. The van der Waals surface area contributed by atoms with Gasteiger partial charge in [0.2, 0.25) is 0 Å². The number of carbonyl (C=O) groups excluding carboxylic acids is 1. The average Bonchev–Trinajstić information content (AvgIpc) is 3.23. The molecule has 4 aromatic rings. The van der Waals surface area contributed by atoms with Crippen LogP contribution in [0.3, 0.4) is 0 Å². The molecule has 2 aromatic heterocycles. The number of anilines is 1. The molecule has 4 rings (SSSR count). The Bertz CT molecular complexity index is 1420. The maximum atomic E-state index is 13.7. The lowest BCUT2D eigenvalue weighted by Crippen LogP contribution is -2.13. The highest BCUT2D eigenvalue weighted by Crippen LogP contribution is 2.32. The molecule has 0 bridgehead atoms. The van der Waals surface area contributed by atoms with Crippen molar-refractivity contribution in [1.29, 1.82) is 0 Å². The Labute approximate surface area is 189 Å². The molecule has 1 N–H and O–H groups in total. The number of amides is 1. The first-order chi connectivity index (χ1) is 16.2. The van der Waals surface area contributed by atoms with Gasteiger partial charge in [-0.05, 0) is 13.0 Å². The zero-order valence-corrected chi connectivity index (χ0v) is 17.3. The smallest absolute Gasteiger partial charge is 0.281 e. The number of fused-ring (bicyclic) bond motifs is 1. The van der Waals surface area contributed by atoms with Gasteiger partial charge in [0.15, 0.2) is 5.65 Å². The predicted octanol–water partition coefficient (Wildman–Crippen LogP) is 4.71. The normalized spacial score (nSPS) is 11.1. The third-order valence-corrected chi connectivity index (χ3v) is 5.04. The molecule has 0 fully saturated rings. The first-order valence-electron chi connectivity index (χ1n) is 9.64. The van der Waals surface area contributed by atoms with E-state index in [0.717, 1.165) is 28.9 Å². The van der Waals surface area contributed by atoms with Crippen LogP contribution in [0, 0.1) is 27.2 Å². The second-order valence-corrected chi connectivity index (χ2v) is 7.13. The second-order valence-electron chi connectivity index (χ2n) is 7.13. The fraction of sp³-hybridized carbons (Fsp3) is 0.0952. The first-order valence-corrected chi connectivity index (χ1v) is 9.64. The summed E-state index contributed by atoms with van der Waals surface area (Å²) < 4.78 is 28.2. The Balaban J connectivity index is 1.80. The minimum absolute atomic E-state index is 0.176. The number of carbonyl (C=O) groups is 1. The van der Waals surface area contributed by atoms with Crippen LogP contribution in [-0.4, -0.2) is 30.4 Å². The highest BCUT2D eigenvalue weighted by molar-refractivity contribution is 6.08. The molecular weight excluding hydrogens is 454 g/mol. The summed E-state index contributed by atoms with van der Waals surface area (Å²) >= 11 is 0. The van der Waals surface area contributed by atoms with Gasteiger partial charge in [-0.15, -0.1) is 0 Å². The van der Waals surface area contributed by atoms with Crippen LogP contribution in [0.25, 0.3) is 16.9 Å². The Morgan fingerprint density at radius 1 is 1.06 bits per heavy atom. The van der Waals surface area contributed by atoms with Crippen LogP contribution >= 0.6 is 0 Å². The first kappa shape index (κ1) is 22.4. The summed E-state index contributed by atoms with van der Waals surface area (Å²) in [5, 5.41) is 28.7. The van der Waals surface area contributed by atoms with Gasteiger partial charge in [-0.3, -0.25) is 25.0 Å². The topological polar surface area (TPSA) is 146 Å². The minimum Gasteiger partial charge on any atom is -0.321 e. The van der Waals surface area contributed by atoms with E-state index >= 15 is 0 Å². The van der Waals surface area contributed by atoms with Crippen molar-refractivity contribution in [3.05, 3.63) is 91.8 Å². The number of nitro groups is 2. The van der Waals surface area contributed by atoms with Crippen molar-refractivity contribution in [2.24, 2.45) is 0 Å². The van der Waals surface area contributed by atoms with E-state index < -0.39 is 39.2 Å². The van der Waals surface area contributed by atoms with Gasteiger partial charge < -0.3 is 5.32 Å². The quantitative estimate of drug-likeness (QED) is 0.318. The second kappa shape index (κ2) is 8.61. The van der Waals surface area contributed by atoms with E-state index in [2.05, 4.69) is 15.4 Å². The molecule has 0 aliphatic heterocycles. The third kappa shape index (κ3) is 4.01. The Kier molecular flexibility index (Phi) is 5.67. The standard InChI is InChI=1S/C21H14F2N6O5/c1-11-16(28(31)32)7-13(8-17(11)29(33)34)25-21(30)14-10-24-27-18(19(22)23)9-15(26-20(14)27)12-5-3-2-4-6-12/h2-10,19H,1H3,(H,25,30). The van der Waals surface area contributed by atoms with Crippen LogP contribution in [0.2, 0.25) is 0 Å². The molecule has 172 valence electrons. The molecule has 2 aromatic carbocycles. The lowest BCUT2D eigenvalue weighted by molar-refractivity contribution is -0.395. The summed E-state index contributed by atoms with van der Waals surface area (Å²) in [4.78, 5) is 38.2. The van der Waals surface area contributed by atoms with Crippen LogP contribution in [0.4, 0.5) is 25.8 Å². The van der Waals surface area contributed by atoms with Gasteiger partial charge in [0, 0.05) is 17.7 Å². The van der Waals surface area contributed by atoms with Crippen molar-refractivity contribution in [2.45, 2.75) is 13.3 Å². The van der Waals surface area contributed by atoms with Gasteiger partial charge in [0.1, 0.15) is 16.8 Å². The van der Waals surface area contributed by atoms with Gasteiger partial charge in [-0.1, -0.05) is 30.3 Å². The number of nitrogens with one attached hydrogen (secondary N) is 1. The van der Waals surface area contributed by atoms with Crippen molar-refractivity contribution in [1.82, 2.24) is 14.6 Å². The molecule has 0 unspecified atom stereocenters. The molecule has 0 saturated heterocycles. The summed E-state index contributed by atoms with van der Waals surface area (Å²) in [6, 6.07) is 11.6. The monoisotopic (exact) mass is 468 g/mol. The zero-order chi connectivity index (χ0) is 24.6. The van der Waals surface area contributed by atoms with Crippen LogP contribution in [0.5, 0.6) is 0 Å². The fourth-order valence-electron chi connectivity index (χ4n) is 3.39. The predicted molar refractivity (Wildman–Crippen MR) is 116 cm³/mol. The molecular formula is C21H14F2N6O5. The number of benzene rings is 2. The molecule has 0 spiro atoms. The summed E-state index contributed by atoms with van der Waals surface area (Å²) in [6.45, 7) is 1.22. The van der Waals surface area contributed by atoms with E-state index in [1.807, 2.05) is 0 Å². The van der Waals surface area contributed by atoms with Gasteiger partial charge in [0.05, 0.1) is 27.4 Å². The summed E-state index contributed by atoms with van der Waals surface area (Å²) in [6.07, 6.45) is -1.90. The summed E-state index contributed by atoms with van der Waals surface area (Å²) in [5.74, 6) is -0.889. The number of hydrogen-bond donors (Lipinski definition) is 1. The number of nitro benzene ring substituents is 2. The number of hydrogen-bond acceptors (Lipinski definition) is 7. The minimum atomic E-state index is -2.92. The molecule has 0 atom stereocenters. The summed E-state index contributed by atoms with van der Waals surface area (Å²) in [5.41, 5.74) is -1.69. The van der Waals surface area contributed by atoms with Crippen LogP contribution in [-0.2, 0) is 0 Å². The van der Waals surface area contributed by atoms with E-state index in [9.17, 15) is 33.8 Å². The van der Waals surface area contributed by atoms with Crippen LogP contribution in [0.15, 0.2) is 54.7 Å². The zero-order valence-electron chi connectivity index (χ0n) is 17.3. The third-order valence-electron chi connectivity index (χ3n) is 5.04. The summed E-state index contributed by atoms with van der Waals surface area (Å²) in [7, 11) is 0. The van der Waals surface area contributed by atoms with E-state index in [1.165, 1.54) is 6.92 Å². The lowest BCUT2D eigenvalue weighted by Gasteiger charge is -2.09. The number of rotatable bonds is 6. The number of nitrogens with zero attached hydrogens (tertiary/aromatic N) is 5. The Morgan fingerprint density at radius 3 is 2.24 bits per heavy atom. The number of halogens is 2. The molecule has 11 nitrogen and oxygen atoms in total. The van der Waals surface area contributed by atoms with Gasteiger partial charge >= 0.3 is 0 Å². The highest BCUT2D eigenvalue weighted by Gasteiger charge is 2.26. The van der Waals surface area contributed by atoms with Crippen LogP contribution in [0.1, 0.15) is 28.0 Å².